The summed E-state index contributed by atoms with van der Waals surface area (Å²) in [5, 5.41) is 4.92. The van der Waals surface area contributed by atoms with E-state index in [4.69, 9.17) is 14.6 Å². The Morgan fingerprint density at radius 1 is 1.14 bits per heavy atom. The van der Waals surface area contributed by atoms with Gasteiger partial charge in [-0.25, -0.2) is 9.07 Å². The van der Waals surface area contributed by atoms with Gasteiger partial charge in [-0.3, -0.25) is 4.79 Å². The molecular formula is C28H34FN3O3. The van der Waals surface area contributed by atoms with Gasteiger partial charge in [0.05, 0.1) is 30.1 Å². The van der Waals surface area contributed by atoms with Crippen LogP contribution in [0, 0.1) is 11.7 Å². The first-order valence-electron chi connectivity index (χ1n) is 12.4. The fourth-order valence-corrected chi connectivity index (χ4v) is 4.65. The molecule has 6 nitrogen and oxygen atoms in total. The molecule has 0 atom stereocenters. The molecule has 0 spiro atoms. The van der Waals surface area contributed by atoms with E-state index in [1.165, 1.54) is 12.1 Å². The molecule has 1 fully saturated rings. The topological polar surface area (TPSA) is 56.6 Å². The smallest absolute Gasteiger partial charge is 0.227 e. The Bertz CT molecular complexity index is 1120. The highest BCUT2D eigenvalue weighted by molar-refractivity contribution is 5.79. The SMILES string of the molecule is COCCN(Cc1c(C(C)C)nn(-c2ccccc2)c1Oc1cccc(F)c1)C(=O)C1CCCC1. The van der Waals surface area contributed by atoms with E-state index in [0.29, 0.717) is 31.3 Å². The number of rotatable bonds is 10. The van der Waals surface area contributed by atoms with E-state index < -0.39 is 0 Å². The van der Waals surface area contributed by atoms with Gasteiger partial charge in [0.25, 0.3) is 0 Å². The third kappa shape index (κ3) is 5.90. The van der Waals surface area contributed by atoms with Gasteiger partial charge in [0.2, 0.25) is 11.8 Å². The van der Waals surface area contributed by atoms with Gasteiger partial charge in [-0.05, 0) is 43.0 Å². The van der Waals surface area contributed by atoms with Crippen molar-refractivity contribution < 1.29 is 18.7 Å². The Hall–Kier alpha value is -3.19. The Morgan fingerprint density at radius 2 is 1.89 bits per heavy atom. The van der Waals surface area contributed by atoms with Gasteiger partial charge in [-0.15, -0.1) is 0 Å². The maximum Gasteiger partial charge on any atom is 0.227 e. The number of carbonyl (C=O) groups excluding carboxylic acids is 1. The quantitative estimate of drug-likeness (QED) is 0.353. The Kier molecular flexibility index (Phi) is 8.18. The van der Waals surface area contributed by atoms with E-state index in [9.17, 15) is 9.18 Å². The number of amides is 1. The minimum atomic E-state index is -0.378. The predicted molar refractivity (Wildman–Crippen MR) is 133 cm³/mol. The van der Waals surface area contributed by atoms with E-state index in [0.717, 1.165) is 42.6 Å². The predicted octanol–water partition coefficient (Wildman–Crippen LogP) is 6.09. The fraction of sp³-hybridized carbons (Fsp3) is 0.429. The van der Waals surface area contributed by atoms with E-state index in [1.807, 2.05) is 35.2 Å². The second-order valence-corrected chi connectivity index (χ2v) is 9.36. The number of hydrogen-bond acceptors (Lipinski definition) is 4. The summed E-state index contributed by atoms with van der Waals surface area (Å²) < 4.78 is 27.4. The second kappa shape index (κ2) is 11.5. The van der Waals surface area contributed by atoms with E-state index in [2.05, 4.69) is 13.8 Å². The van der Waals surface area contributed by atoms with E-state index in [-0.39, 0.29) is 23.6 Å². The molecule has 1 heterocycles. The van der Waals surface area contributed by atoms with Crippen molar-refractivity contribution in [2.45, 2.75) is 52.0 Å². The normalized spacial score (nSPS) is 14.0. The minimum absolute atomic E-state index is 0.0473. The van der Waals surface area contributed by atoms with Crippen molar-refractivity contribution in [3.05, 3.63) is 71.7 Å². The molecule has 1 aliphatic carbocycles. The molecule has 0 N–H and O–H groups in total. The van der Waals surface area contributed by atoms with Crippen molar-refractivity contribution in [1.29, 1.82) is 0 Å². The molecule has 1 saturated carbocycles. The number of benzene rings is 2. The molecule has 0 aliphatic heterocycles. The van der Waals surface area contributed by atoms with Gasteiger partial charge in [0.15, 0.2) is 0 Å². The maximum atomic E-state index is 14.0. The molecule has 1 aliphatic rings. The van der Waals surface area contributed by atoms with Gasteiger partial charge in [0, 0.05) is 25.6 Å². The van der Waals surface area contributed by atoms with Crippen LogP contribution in [0.15, 0.2) is 54.6 Å². The molecular weight excluding hydrogens is 445 g/mol. The summed E-state index contributed by atoms with van der Waals surface area (Å²) in [4.78, 5) is 15.4. The highest BCUT2D eigenvalue weighted by Gasteiger charge is 2.31. The van der Waals surface area contributed by atoms with Gasteiger partial charge < -0.3 is 14.4 Å². The number of para-hydroxylation sites is 1. The molecule has 3 aromatic rings. The van der Waals surface area contributed by atoms with Crippen LogP contribution in [0.2, 0.25) is 0 Å². The first-order valence-corrected chi connectivity index (χ1v) is 12.4. The van der Waals surface area contributed by atoms with Crippen LogP contribution in [0.3, 0.4) is 0 Å². The highest BCUT2D eigenvalue weighted by Crippen LogP contribution is 2.36. The molecule has 0 saturated heterocycles. The lowest BCUT2D eigenvalue weighted by Crippen LogP contribution is -2.37. The zero-order valence-electron chi connectivity index (χ0n) is 20.7. The third-order valence-electron chi connectivity index (χ3n) is 6.46. The van der Waals surface area contributed by atoms with Crippen LogP contribution >= 0.6 is 0 Å². The lowest BCUT2D eigenvalue weighted by atomic mass is 10.0. The standard InChI is InChI=1S/C28H34FN3O3/c1-20(2)26-25(19-31(16-17-34-3)27(33)21-10-7-8-11-21)28(35-24-15-9-12-22(29)18-24)32(30-26)23-13-5-4-6-14-23/h4-6,9,12-15,18,20-21H,7-8,10-11,16-17,19H2,1-3H3. The third-order valence-corrected chi connectivity index (χ3v) is 6.46. The minimum Gasteiger partial charge on any atom is -0.438 e. The fourth-order valence-electron chi connectivity index (χ4n) is 4.65. The summed E-state index contributed by atoms with van der Waals surface area (Å²) in [5.41, 5.74) is 2.51. The summed E-state index contributed by atoms with van der Waals surface area (Å²) in [6.45, 7) is 5.43. The van der Waals surface area contributed by atoms with Gasteiger partial charge in [0.1, 0.15) is 11.6 Å². The first-order chi connectivity index (χ1) is 17.0. The number of halogens is 1. The average Bonchev–Trinajstić information content (AvgIpc) is 3.51. The number of hydrogen-bond donors (Lipinski definition) is 0. The summed E-state index contributed by atoms with van der Waals surface area (Å²) in [7, 11) is 1.64. The molecule has 4 rings (SSSR count). The van der Waals surface area contributed by atoms with Crippen LogP contribution < -0.4 is 4.74 Å². The van der Waals surface area contributed by atoms with Crippen LogP contribution in [0.5, 0.6) is 11.6 Å². The molecule has 35 heavy (non-hydrogen) atoms. The van der Waals surface area contributed by atoms with Crippen molar-refractivity contribution >= 4 is 5.91 Å². The van der Waals surface area contributed by atoms with Crippen molar-refractivity contribution in [3.63, 3.8) is 0 Å². The van der Waals surface area contributed by atoms with Gasteiger partial charge in [-0.2, -0.15) is 5.10 Å². The van der Waals surface area contributed by atoms with Crippen LogP contribution in [0.4, 0.5) is 4.39 Å². The lowest BCUT2D eigenvalue weighted by Gasteiger charge is -2.26. The highest BCUT2D eigenvalue weighted by atomic mass is 19.1. The summed E-state index contributed by atoms with van der Waals surface area (Å²) in [6.07, 6.45) is 4.03. The largest absolute Gasteiger partial charge is 0.438 e. The zero-order valence-corrected chi connectivity index (χ0v) is 20.7. The van der Waals surface area contributed by atoms with Crippen molar-refractivity contribution in [1.82, 2.24) is 14.7 Å². The molecule has 0 bridgehead atoms. The van der Waals surface area contributed by atoms with Gasteiger partial charge >= 0.3 is 0 Å². The van der Waals surface area contributed by atoms with Crippen LogP contribution in [-0.4, -0.2) is 40.8 Å². The molecule has 1 aromatic heterocycles. The first kappa shape index (κ1) is 24.9. The molecule has 186 valence electrons. The molecule has 1 amide bonds. The van der Waals surface area contributed by atoms with Gasteiger partial charge in [-0.1, -0.05) is 51.0 Å². The summed E-state index contributed by atoms with van der Waals surface area (Å²) >= 11 is 0. The number of nitrogens with zero attached hydrogens (tertiary/aromatic N) is 3. The van der Waals surface area contributed by atoms with Crippen molar-refractivity contribution in [2.75, 3.05) is 20.3 Å². The molecule has 2 aromatic carbocycles. The van der Waals surface area contributed by atoms with E-state index >= 15 is 0 Å². The van der Waals surface area contributed by atoms with Crippen LogP contribution in [-0.2, 0) is 16.1 Å². The number of carbonyl (C=O) groups is 1. The molecule has 0 unspecified atom stereocenters. The van der Waals surface area contributed by atoms with E-state index in [1.54, 1.807) is 23.9 Å². The Labute approximate surface area is 206 Å². The number of aromatic nitrogens is 2. The monoisotopic (exact) mass is 479 g/mol. The van der Waals surface area contributed by atoms with Crippen molar-refractivity contribution in [3.8, 4) is 17.3 Å². The zero-order chi connectivity index (χ0) is 24.8. The number of ether oxygens (including phenoxy) is 2. The Balaban J connectivity index is 1.79. The lowest BCUT2D eigenvalue weighted by molar-refractivity contribution is -0.136. The summed E-state index contributed by atoms with van der Waals surface area (Å²) in [6, 6.07) is 15.8. The van der Waals surface area contributed by atoms with Crippen molar-refractivity contribution in [2.24, 2.45) is 5.92 Å². The average molecular weight is 480 g/mol. The summed E-state index contributed by atoms with van der Waals surface area (Å²) in [5.74, 6) is 0.786. The molecule has 0 radical (unpaired) electrons. The molecule has 7 heteroatoms. The maximum absolute atomic E-state index is 14.0. The number of methoxy groups -OCH3 is 1. The van der Waals surface area contributed by atoms with Crippen LogP contribution in [0.25, 0.3) is 5.69 Å². The Morgan fingerprint density at radius 3 is 2.54 bits per heavy atom. The van der Waals surface area contributed by atoms with Crippen LogP contribution in [0.1, 0.15) is 56.7 Å². The second-order valence-electron chi connectivity index (χ2n) is 9.36.